The smallest absolute Gasteiger partial charge is 0.0714 e. The van der Waals surface area contributed by atoms with E-state index in [1.807, 2.05) is 0 Å². The molecule has 1 aliphatic carbocycles. The second kappa shape index (κ2) is 10.1. The van der Waals surface area contributed by atoms with Gasteiger partial charge < -0.3 is 0 Å². The van der Waals surface area contributed by atoms with Gasteiger partial charge in [-0.05, 0) is 88.0 Å². The number of hydrogen-bond donors (Lipinski definition) is 0. The van der Waals surface area contributed by atoms with Gasteiger partial charge in [0.25, 0.3) is 0 Å². The molecule has 5 aromatic carbocycles. The maximum absolute atomic E-state index is 2.47. The van der Waals surface area contributed by atoms with Gasteiger partial charge in [0.05, 0.1) is 5.41 Å². The highest BCUT2D eigenvalue weighted by atomic mass is 14.5. The molecule has 1 aliphatic rings. The van der Waals surface area contributed by atoms with E-state index in [0.717, 1.165) is 6.42 Å². The molecule has 0 bridgehead atoms. The van der Waals surface area contributed by atoms with Crippen molar-refractivity contribution in [2.45, 2.75) is 51.9 Å². The number of rotatable bonds is 7. The first-order valence-electron chi connectivity index (χ1n) is 14.1. The first kappa shape index (κ1) is 24.4. The highest BCUT2D eigenvalue weighted by Crippen LogP contribution is 2.58. The number of hydrogen-bond acceptors (Lipinski definition) is 0. The van der Waals surface area contributed by atoms with Crippen molar-refractivity contribution < 1.29 is 0 Å². The minimum Gasteiger partial charge on any atom is -0.0727 e. The molecule has 0 heterocycles. The van der Waals surface area contributed by atoms with Crippen LogP contribution in [-0.2, 0) is 5.41 Å². The van der Waals surface area contributed by atoms with E-state index in [1.165, 1.54) is 80.1 Å². The molecule has 38 heavy (non-hydrogen) atoms. The van der Waals surface area contributed by atoms with Crippen LogP contribution < -0.4 is 0 Å². The maximum Gasteiger partial charge on any atom is 0.0714 e. The van der Waals surface area contributed by atoms with Gasteiger partial charge in [0.15, 0.2) is 0 Å². The summed E-state index contributed by atoms with van der Waals surface area (Å²) >= 11 is 0. The van der Waals surface area contributed by atoms with Gasteiger partial charge in [-0.2, -0.15) is 0 Å². The van der Waals surface area contributed by atoms with Crippen molar-refractivity contribution in [1.29, 1.82) is 0 Å². The fraction of sp³-hybridized carbons (Fsp3) is 0.211. The molecule has 0 radical (unpaired) electrons. The van der Waals surface area contributed by atoms with Gasteiger partial charge in [-0.25, -0.2) is 0 Å². The molecule has 0 spiro atoms. The molecule has 0 nitrogen and oxygen atoms in total. The molecule has 0 fully saturated rings. The monoisotopic (exact) mass is 492 g/mol. The number of allylic oxidation sites excluding steroid dienone is 1. The molecule has 0 unspecified atom stereocenters. The van der Waals surface area contributed by atoms with Gasteiger partial charge in [0.1, 0.15) is 0 Å². The van der Waals surface area contributed by atoms with E-state index in [4.69, 9.17) is 0 Å². The van der Waals surface area contributed by atoms with E-state index in [-0.39, 0.29) is 5.41 Å². The summed E-state index contributed by atoms with van der Waals surface area (Å²) in [5, 5.41) is 2.68. The molecule has 0 amide bonds. The Balaban J connectivity index is 1.69. The molecule has 0 aromatic heterocycles. The third kappa shape index (κ3) is 3.91. The van der Waals surface area contributed by atoms with E-state index in [9.17, 15) is 0 Å². The lowest BCUT2D eigenvalue weighted by Gasteiger charge is -2.34. The Bertz CT molecular complexity index is 1580. The predicted molar refractivity (Wildman–Crippen MR) is 164 cm³/mol. The van der Waals surface area contributed by atoms with Crippen molar-refractivity contribution in [3.8, 4) is 11.1 Å². The summed E-state index contributed by atoms with van der Waals surface area (Å²) in [4.78, 5) is 0. The predicted octanol–water partition coefficient (Wildman–Crippen LogP) is 10.5. The van der Waals surface area contributed by atoms with E-state index in [0.29, 0.717) is 0 Å². The third-order valence-electron chi connectivity index (χ3n) is 8.37. The van der Waals surface area contributed by atoms with Crippen LogP contribution in [0.2, 0.25) is 0 Å². The Morgan fingerprint density at radius 3 is 1.97 bits per heavy atom. The first-order valence-corrected chi connectivity index (χ1v) is 14.1. The van der Waals surface area contributed by atoms with Crippen molar-refractivity contribution in [1.82, 2.24) is 0 Å². The van der Waals surface area contributed by atoms with E-state index >= 15 is 0 Å². The highest BCUT2D eigenvalue weighted by molar-refractivity contribution is 6.05. The molecular weight excluding hydrogens is 456 g/mol. The molecule has 188 valence electrons. The van der Waals surface area contributed by atoms with Crippen LogP contribution >= 0.6 is 0 Å². The van der Waals surface area contributed by atoms with Gasteiger partial charge in [-0.15, -0.1) is 0 Å². The maximum atomic E-state index is 2.47. The van der Waals surface area contributed by atoms with Crippen molar-refractivity contribution in [2.75, 3.05) is 0 Å². The van der Waals surface area contributed by atoms with Crippen molar-refractivity contribution >= 4 is 16.8 Å². The van der Waals surface area contributed by atoms with Crippen molar-refractivity contribution in [2.24, 2.45) is 0 Å². The van der Waals surface area contributed by atoms with Crippen molar-refractivity contribution in [3.05, 3.63) is 148 Å². The Morgan fingerprint density at radius 2 is 1.32 bits per heavy atom. The molecule has 0 saturated heterocycles. The van der Waals surface area contributed by atoms with E-state index in [1.54, 1.807) is 0 Å². The first-order chi connectivity index (χ1) is 18.6. The highest BCUT2D eigenvalue weighted by Gasteiger charge is 2.46. The summed E-state index contributed by atoms with van der Waals surface area (Å²) in [5.74, 6) is 0. The van der Waals surface area contributed by atoms with Crippen LogP contribution in [0.4, 0.5) is 0 Å². The number of aryl methyl sites for hydroxylation is 1. The molecule has 6 rings (SSSR count). The SMILES string of the molecule is CCCCCC(C)=Cc1ccc2c(c1)C(c1ccccc1)(c1ccccc1)c1cc(C)c3ccccc3c1-2. The normalized spacial score (nSPS) is 13.9. The van der Waals surface area contributed by atoms with Gasteiger partial charge in [0.2, 0.25) is 0 Å². The van der Waals surface area contributed by atoms with Gasteiger partial charge in [0, 0.05) is 0 Å². The topological polar surface area (TPSA) is 0 Å². The van der Waals surface area contributed by atoms with Crippen LogP contribution in [0, 0.1) is 6.92 Å². The van der Waals surface area contributed by atoms with Crippen LogP contribution in [0.25, 0.3) is 28.0 Å². The van der Waals surface area contributed by atoms with E-state index < -0.39 is 0 Å². The minimum absolute atomic E-state index is 0.373. The Labute approximate surface area is 227 Å². The summed E-state index contributed by atoms with van der Waals surface area (Å²) in [6.07, 6.45) is 7.38. The second-order valence-electron chi connectivity index (χ2n) is 10.9. The molecule has 0 aliphatic heterocycles. The molecule has 0 heteroatoms. The quantitative estimate of drug-likeness (QED) is 0.194. The fourth-order valence-electron chi connectivity index (χ4n) is 6.64. The zero-order chi connectivity index (χ0) is 26.1. The summed E-state index contributed by atoms with van der Waals surface area (Å²) in [7, 11) is 0. The van der Waals surface area contributed by atoms with Gasteiger partial charge >= 0.3 is 0 Å². The van der Waals surface area contributed by atoms with Gasteiger partial charge in [-0.1, -0.05) is 135 Å². The van der Waals surface area contributed by atoms with Gasteiger partial charge in [-0.3, -0.25) is 0 Å². The van der Waals surface area contributed by atoms with Crippen LogP contribution in [-0.4, -0.2) is 0 Å². The summed E-state index contributed by atoms with van der Waals surface area (Å²) < 4.78 is 0. The van der Waals surface area contributed by atoms with E-state index in [2.05, 4.69) is 136 Å². The summed E-state index contributed by atoms with van der Waals surface area (Å²) in [6.45, 7) is 6.83. The third-order valence-corrected chi connectivity index (χ3v) is 8.37. The number of unbranched alkanes of at least 4 members (excludes halogenated alkanes) is 2. The summed E-state index contributed by atoms with van der Waals surface area (Å²) in [5.41, 5.74) is 11.9. The standard InChI is InChI=1S/C38H36/c1-4-5-8-15-27(2)24-29-22-23-34-35(26-29)38(30-16-9-6-10-17-30,31-18-11-7-12-19-31)36-25-28(3)32-20-13-14-21-33(32)37(34)36/h6-7,9-14,16-26H,4-5,8,15H2,1-3H3. The van der Waals surface area contributed by atoms with Crippen LogP contribution in [0.5, 0.6) is 0 Å². The lowest BCUT2D eigenvalue weighted by atomic mass is 9.67. The molecule has 0 atom stereocenters. The minimum atomic E-state index is -0.373. The second-order valence-corrected chi connectivity index (χ2v) is 10.9. The van der Waals surface area contributed by atoms with Crippen LogP contribution in [0.3, 0.4) is 0 Å². The average Bonchev–Trinajstić information content (AvgIpc) is 3.24. The lowest BCUT2D eigenvalue weighted by Crippen LogP contribution is -2.28. The van der Waals surface area contributed by atoms with Crippen molar-refractivity contribution in [3.63, 3.8) is 0 Å². The molecule has 0 N–H and O–H groups in total. The molecular formula is C38H36. The number of benzene rings is 5. The Kier molecular flexibility index (Phi) is 6.50. The van der Waals surface area contributed by atoms with Crippen LogP contribution in [0.15, 0.2) is 115 Å². The largest absolute Gasteiger partial charge is 0.0727 e. The fourth-order valence-corrected chi connectivity index (χ4v) is 6.64. The molecule has 0 saturated carbocycles. The Hall–Kier alpha value is -3.90. The molecule has 5 aromatic rings. The average molecular weight is 493 g/mol. The Morgan fingerprint density at radius 1 is 0.684 bits per heavy atom. The zero-order valence-electron chi connectivity index (χ0n) is 22.8. The lowest BCUT2D eigenvalue weighted by molar-refractivity contribution is 0.715. The zero-order valence-corrected chi connectivity index (χ0v) is 22.8. The summed E-state index contributed by atoms with van der Waals surface area (Å²) in [6, 6.07) is 40.8. The number of fused-ring (bicyclic) bond motifs is 5. The van der Waals surface area contributed by atoms with Crippen LogP contribution in [0.1, 0.15) is 72.9 Å².